The number of para-hydroxylation sites is 1. The number of hydrogen-bond donors (Lipinski definition) is 0. The predicted octanol–water partition coefficient (Wildman–Crippen LogP) is 5.05. The van der Waals surface area contributed by atoms with Gasteiger partial charge in [0.1, 0.15) is 12.4 Å². The van der Waals surface area contributed by atoms with Gasteiger partial charge in [0.05, 0.1) is 35.9 Å². The van der Waals surface area contributed by atoms with Gasteiger partial charge in [-0.2, -0.15) is 0 Å². The number of hydrogen-bond acceptors (Lipinski definition) is 5. The van der Waals surface area contributed by atoms with E-state index >= 15 is 0 Å². The number of anilines is 1. The zero-order valence-electron chi connectivity index (χ0n) is 23.0. The minimum atomic E-state index is -0.425. The van der Waals surface area contributed by atoms with Crippen molar-refractivity contribution in [3.05, 3.63) is 58.6 Å². The van der Waals surface area contributed by atoms with Crippen molar-refractivity contribution in [2.45, 2.75) is 44.9 Å². The molecule has 0 atom stereocenters. The number of carbonyl (C=O) groups excluding carboxylic acids is 2. The highest BCUT2D eigenvalue weighted by Gasteiger charge is 2.43. The Morgan fingerprint density at radius 1 is 0.897 bits per heavy atom. The van der Waals surface area contributed by atoms with Gasteiger partial charge in [-0.05, 0) is 61.9 Å². The van der Waals surface area contributed by atoms with E-state index in [0.29, 0.717) is 62.9 Å². The third-order valence-corrected chi connectivity index (χ3v) is 8.93. The first-order chi connectivity index (χ1) is 19.0. The smallest absolute Gasteiger partial charge is 0.253 e. The number of piperidine rings is 1. The number of carbonyl (C=O) groups is 2. The summed E-state index contributed by atoms with van der Waals surface area (Å²) < 4.78 is 11.6. The zero-order valence-corrected chi connectivity index (χ0v) is 23.8. The van der Waals surface area contributed by atoms with Crippen LogP contribution in [0.4, 0.5) is 5.69 Å². The summed E-state index contributed by atoms with van der Waals surface area (Å²) in [5.41, 5.74) is 2.35. The number of nitrogens with zero attached hydrogens (tertiary/aromatic N) is 3. The van der Waals surface area contributed by atoms with Crippen LogP contribution in [0.3, 0.4) is 0 Å². The molecule has 0 aromatic heterocycles. The SMILES string of the molecule is CN1CCOc2ccccc2CCCCCC2(CCN(C(=O)c3ccc(Cl)c(N4CCOCC4)c3)CC2)C1=O. The number of morpholine rings is 1. The Hall–Kier alpha value is -2.77. The lowest BCUT2D eigenvalue weighted by molar-refractivity contribution is -0.144. The molecule has 5 rings (SSSR count). The summed E-state index contributed by atoms with van der Waals surface area (Å²) >= 11 is 6.50. The Kier molecular flexibility index (Phi) is 8.98. The molecule has 2 saturated heterocycles. The molecule has 39 heavy (non-hydrogen) atoms. The summed E-state index contributed by atoms with van der Waals surface area (Å²) in [4.78, 5) is 33.3. The van der Waals surface area contributed by atoms with Crippen molar-refractivity contribution in [1.82, 2.24) is 9.80 Å². The molecule has 7 nitrogen and oxygen atoms in total. The van der Waals surface area contributed by atoms with Crippen molar-refractivity contribution >= 4 is 29.1 Å². The number of ether oxygens (including phenoxy) is 2. The van der Waals surface area contributed by atoms with E-state index in [1.54, 1.807) is 0 Å². The van der Waals surface area contributed by atoms with E-state index in [1.165, 1.54) is 5.56 Å². The number of rotatable bonds is 2. The number of aryl methyl sites for hydroxylation is 1. The number of fused-ring (bicyclic) bond motifs is 1. The van der Waals surface area contributed by atoms with Gasteiger partial charge >= 0.3 is 0 Å². The molecule has 0 saturated carbocycles. The minimum absolute atomic E-state index is 0.00707. The van der Waals surface area contributed by atoms with Crippen LogP contribution in [0.2, 0.25) is 5.02 Å². The van der Waals surface area contributed by atoms with Crippen LogP contribution in [0.1, 0.15) is 54.4 Å². The maximum absolute atomic E-state index is 13.8. The molecule has 0 aliphatic carbocycles. The maximum Gasteiger partial charge on any atom is 0.253 e. The average molecular weight is 554 g/mol. The van der Waals surface area contributed by atoms with Gasteiger partial charge in [0.25, 0.3) is 5.91 Å². The van der Waals surface area contributed by atoms with Crippen molar-refractivity contribution in [3.63, 3.8) is 0 Å². The van der Waals surface area contributed by atoms with Gasteiger partial charge in [-0.15, -0.1) is 0 Å². The first kappa shape index (κ1) is 27.8. The maximum atomic E-state index is 13.8. The predicted molar refractivity (Wildman–Crippen MR) is 154 cm³/mol. The second-order valence-corrected chi connectivity index (χ2v) is 11.5. The third kappa shape index (κ3) is 6.36. The Labute approximate surface area is 237 Å². The highest BCUT2D eigenvalue weighted by molar-refractivity contribution is 6.33. The van der Waals surface area contributed by atoms with Crippen LogP contribution in [0.25, 0.3) is 0 Å². The molecule has 210 valence electrons. The molecular formula is C31H40ClN3O4. The van der Waals surface area contributed by atoms with Gasteiger partial charge in [-0.1, -0.05) is 42.6 Å². The minimum Gasteiger partial charge on any atom is -0.491 e. The summed E-state index contributed by atoms with van der Waals surface area (Å²) in [6, 6.07) is 13.8. The number of benzene rings is 2. The Morgan fingerprint density at radius 2 is 1.67 bits per heavy atom. The van der Waals surface area contributed by atoms with E-state index in [2.05, 4.69) is 17.0 Å². The number of halogens is 1. The molecule has 3 aliphatic heterocycles. The third-order valence-electron chi connectivity index (χ3n) is 8.61. The van der Waals surface area contributed by atoms with Gasteiger partial charge in [0.2, 0.25) is 5.91 Å². The van der Waals surface area contributed by atoms with Crippen molar-refractivity contribution < 1.29 is 19.1 Å². The van der Waals surface area contributed by atoms with Crippen LogP contribution in [-0.2, 0) is 16.0 Å². The van der Waals surface area contributed by atoms with E-state index in [4.69, 9.17) is 21.1 Å². The molecule has 3 aliphatic rings. The second-order valence-electron chi connectivity index (χ2n) is 11.1. The van der Waals surface area contributed by atoms with Crippen LogP contribution < -0.4 is 9.64 Å². The van der Waals surface area contributed by atoms with Crippen molar-refractivity contribution in [2.75, 3.05) is 64.5 Å². The first-order valence-corrected chi connectivity index (χ1v) is 14.7. The van der Waals surface area contributed by atoms with E-state index in [-0.39, 0.29) is 11.8 Å². The summed E-state index contributed by atoms with van der Waals surface area (Å²) in [5.74, 6) is 1.12. The van der Waals surface area contributed by atoms with Crippen molar-refractivity contribution in [2.24, 2.45) is 5.41 Å². The molecule has 0 bridgehead atoms. The van der Waals surface area contributed by atoms with Crippen molar-refractivity contribution in [3.8, 4) is 5.75 Å². The van der Waals surface area contributed by atoms with Crippen LogP contribution >= 0.6 is 11.6 Å². The van der Waals surface area contributed by atoms with Crippen molar-refractivity contribution in [1.29, 1.82) is 0 Å². The van der Waals surface area contributed by atoms with E-state index in [1.807, 2.05) is 47.2 Å². The summed E-state index contributed by atoms with van der Waals surface area (Å²) in [5, 5.41) is 0.649. The quantitative estimate of drug-likeness (QED) is 0.520. The van der Waals surface area contributed by atoms with E-state index in [0.717, 1.165) is 56.6 Å². The molecule has 1 spiro atoms. The van der Waals surface area contributed by atoms with Gasteiger partial charge in [-0.3, -0.25) is 9.59 Å². The van der Waals surface area contributed by atoms with Gasteiger partial charge < -0.3 is 24.2 Å². The molecule has 0 N–H and O–H groups in total. The Morgan fingerprint density at radius 3 is 2.46 bits per heavy atom. The Balaban J connectivity index is 1.25. The monoisotopic (exact) mass is 553 g/mol. The summed E-state index contributed by atoms with van der Waals surface area (Å²) in [6.07, 6.45) is 6.39. The molecule has 2 amide bonds. The van der Waals surface area contributed by atoms with Gasteiger partial charge in [-0.25, -0.2) is 0 Å². The fourth-order valence-corrected chi connectivity index (χ4v) is 6.43. The van der Waals surface area contributed by atoms with Crippen LogP contribution in [0.5, 0.6) is 5.75 Å². The molecule has 3 heterocycles. The van der Waals surface area contributed by atoms with Gasteiger partial charge in [0.15, 0.2) is 0 Å². The first-order valence-electron chi connectivity index (χ1n) is 14.3. The van der Waals surface area contributed by atoms with Crippen LogP contribution in [-0.4, -0.2) is 81.2 Å². The standard InChI is InChI=1S/C31H40ClN3O4/c1-33-17-22-39-28-9-5-4-8-24(28)7-3-2-6-12-31(30(33)37)13-15-35(16-14-31)29(36)25-10-11-26(32)27(23-25)34-18-20-38-21-19-34/h4-5,8-11,23H,2-3,6-7,12-22H2,1H3. The molecular weight excluding hydrogens is 514 g/mol. The summed E-state index contributed by atoms with van der Waals surface area (Å²) in [7, 11) is 1.89. The lowest BCUT2D eigenvalue weighted by atomic mass is 9.73. The molecule has 2 aromatic carbocycles. The number of amides is 2. The number of likely N-dealkylation sites (N-methyl/N-ethyl adjacent to an activating group) is 1. The molecule has 0 radical (unpaired) electrons. The van der Waals surface area contributed by atoms with E-state index in [9.17, 15) is 9.59 Å². The van der Waals surface area contributed by atoms with Crippen LogP contribution in [0, 0.1) is 5.41 Å². The zero-order chi connectivity index (χ0) is 27.2. The lowest BCUT2D eigenvalue weighted by Gasteiger charge is -2.42. The van der Waals surface area contributed by atoms with Gasteiger partial charge in [0, 0.05) is 38.8 Å². The normalized spacial score (nSPS) is 20.9. The topological polar surface area (TPSA) is 62.3 Å². The largest absolute Gasteiger partial charge is 0.491 e. The molecule has 0 unspecified atom stereocenters. The molecule has 8 heteroatoms. The lowest BCUT2D eigenvalue weighted by Crippen LogP contribution is -2.51. The summed E-state index contributed by atoms with van der Waals surface area (Å²) in [6.45, 7) is 5.02. The highest BCUT2D eigenvalue weighted by atomic mass is 35.5. The second kappa shape index (κ2) is 12.6. The fraction of sp³-hybridized carbons (Fsp3) is 0.548. The average Bonchev–Trinajstić information content (AvgIpc) is 2.98. The van der Waals surface area contributed by atoms with E-state index < -0.39 is 5.41 Å². The molecule has 2 aromatic rings. The highest BCUT2D eigenvalue weighted by Crippen LogP contribution is 2.39. The van der Waals surface area contributed by atoms with Crippen LogP contribution in [0.15, 0.2) is 42.5 Å². The number of likely N-dealkylation sites (tertiary alicyclic amines) is 1. The molecule has 2 fully saturated rings. The Bertz CT molecular complexity index is 1160. The fourth-order valence-electron chi connectivity index (χ4n) is 6.19.